The van der Waals surface area contributed by atoms with E-state index in [1.165, 1.54) is 9.70 Å². The first-order valence-corrected chi connectivity index (χ1v) is 11.5. The summed E-state index contributed by atoms with van der Waals surface area (Å²) < 4.78 is 5.49. The zero-order valence-corrected chi connectivity index (χ0v) is 20.2. The molecule has 0 spiro atoms. The fourth-order valence-electron chi connectivity index (χ4n) is 3.25. The molecular weight excluding hydrogens is 432 g/mol. The highest BCUT2D eigenvalue weighted by Crippen LogP contribution is 2.20. The topological polar surface area (TPSA) is 102 Å². The van der Waals surface area contributed by atoms with E-state index in [1.807, 2.05) is 38.1 Å². The van der Waals surface area contributed by atoms with Crippen LogP contribution in [-0.4, -0.2) is 51.7 Å². The molecule has 0 unspecified atom stereocenters. The molecule has 180 valence electrons. The van der Waals surface area contributed by atoms with E-state index in [0.29, 0.717) is 36.3 Å². The normalized spacial score (nSPS) is 10.9. The summed E-state index contributed by atoms with van der Waals surface area (Å²) >= 11 is 0. The highest BCUT2D eigenvalue weighted by Gasteiger charge is 2.21. The van der Waals surface area contributed by atoms with Crippen LogP contribution in [0.25, 0.3) is 11.4 Å². The van der Waals surface area contributed by atoms with E-state index < -0.39 is 0 Å². The molecule has 9 heteroatoms. The second kappa shape index (κ2) is 11.9. The number of aryl methyl sites for hydroxylation is 1. The van der Waals surface area contributed by atoms with Gasteiger partial charge in [0, 0.05) is 17.8 Å². The van der Waals surface area contributed by atoms with Gasteiger partial charge in [0.2, 0.25) is 11.7 Å². The summed E-state index contributed by atoms with van der Waals surface area (Å²) in [5.41, 5.74) is 2.53. The lowest BCUT2D eigenvalue weighted by molar-refractivity contribution is -0.124. The number of nitrogens with zero attached hydrogens (tertiary/aromatic N) is 5. The summed E-state index contributed by atoms with van der Waals surface area (Å²) in [6, 6.07) is 14.8. The van der Waals surface area contributed by atoms with Crippen LogP contribution in [-0.2, 0) is 16.1 Å². The Balaban J connectivity index is 1.74. The molecule has 0 saturated heterocycles. The standard InChI is InChI=1S/C25H32N6O3/c1-5-34-22-12-10-21(11-13-22)30(16-23(32)26-15-14-18(2)3)24(33)17-31-28-25(27-29-31)20-8-6-19(4)7-9-20/h6-13,18H,5,14-17H2,1-4H3,(H,26,32). The van der Waals surface area contributed by atoms with Crippen molar-refractivity contribution in [3.8, 4) is 17.1 Å². The minimum Gasteiger partial charge on any atom is -0.494 e. The number of ether oxygens (including phenoxy) is 1. The van der Waals surface area contributed by atoms with Crippen molar-refractivity contribution in [3.05, 3.63) is 54.1 Å². The van der Waals surface area contributed by atoms with E-state index in [4.69, 9.17) is 4.74 Å². The number of benzene rings is 2. The number of carbonyl (C=O) groups excluding carboxylic acids is 2. The highest BCUT2D eigenvalue weighted by molar-refractivity contribution is 5.98. The molecular formula is C25H32N6O3. The van der Waals surface area contributed by atoms with Crippen molar-refractivity contribution >= 4 is 17.5 Å². The first kappa shape index (κ1) is 24.9. The molecule has 1 N–H and O–H groups in total. The molecule has 1 aromatic heterocycles. The number of hydrogen-bond donors (Lipinski definition) is 1. The SMILES string of the molecule is CCOc1ccc(N(CC(=O)NCCC(C)C)C(=O)Cn2nnc(-c3ccc(C)cc3)n2)cc1. The smallest absolute Gasteiger partial charge is 0.251 e. The van der Waals surface area contributed by atoms with Crippen molar-refractivity contribution in [3.63, 3.8) is 0 Å². The van der Waals surface area contributed by atoms with Gasteiger partial charge < -0.3 is 15.0 Å². The number of anilines is 1. The molecule has 0 aliphatic heterocycles. The second-order valence-corrected chi connectivity index (χ2v) is 8.45. The molecule has 0 bridgehead atoms. The molecule has 0 radical (unpaired) electrons. The lowest BCUT2D eigenvalue weighted by atomic mass is 10.1. The second-order valence-electron chi connectivity index (χ2n) is 8.45. The number of tetrazole rings is 1. The molecule has 0 fully saturated rings. The van der Waals surface area contributed by atoms with E-state index in [9.17, 15) is 9.59 Å². The third-order valence-electron chi connectivity index (χ3n) is 5.15. The average Bonchev–Trinajstić information content (AvgIpc) is 3.27. The molecule has 2 amide bonds. The van der Waals surface area contributed by atoms with Crippen LogP contribution >= 0.6 is 0 Å². The quantitative estimate of drug-likeness (QED) is 0.467. The molecule has 3 aromatic rings. The number of nitrogens with one attached hydrogen (secondary N) is 1. The van der Waals surface area contributed by atoms with Gasteiger partial charge >= 0.3 is 0 Å². The largest absolute Gasteiger partial charge is 0.494 e. The Labute approximate surface area is 200 Å². The van der Waals surface area contributed by atoms with Crippen molar-refractivity contribution in [2.24, 2.45) is 5.92 Å². The van der Waals surface area contributed by atoms with Crippen molar-refractivity contribution < 1.29 is 14.3 Å². The molecule has 1 heterocycles. The highest BCUT2D eigenvalue weighted by atomic mass is 16.5. The van der Waals surface area contributed by atoms with Crippen LogP contribution in [0.4, 0.5) is 5.69 Å². The van der Waals surface area contributed by atoms with Crippen LogP contribution < -0.4 is 15.0 Å². The maximum atomic E-state index is 13.2. The summed E-state index contributed by atoms with van der Waals surface area (Å²) in [5, 5.41) is 15.3. The van der Waals surface area contributed by atoms with E-state index in [-0.39, 0.29) is 24.9 Å². The van der Waals surface area contributed by atoms with E-state index in [1.54, 1.807) is 24.3 Å². The number of aromatic nitrogens is 4. The molecule has 0 atom stereocenters. The number of amides is 2. The van der Waals surface area contributed by atoms with Crippen molar-refractivity contribution in [1.29, 1.82) is 0 Å². The van der Waals surface area contributed by atoms with E-state index in [0.717, 1.165) is 17.5 Å². The zero-order chi connectivity index (χ0) is 24.5. The van der Waals surface area contributed by atoms with Gasteiger partial charge in [-0.15, -0.1) is 10.2 Å². The lowest BCUT2D eigenvalue weighted by Gasteiger charge is -2.22. The van der Waals surface area contributed by atoms with Crippen molar-refractivity contribution in [2.75, 3.05) is 24.6 Å². The molecule has 0 saturated carbocycles. The van der Waals surface area contributed by atoms with Gasteiger partial charge in [0.25, 0.3) is 5.91 Å². The Morgan fingerprint density at radius 3 is 2.44 bits per heavy atom. The van der Waals surface area contributed by atoms with Gasteiger partial charge in [-0.2, -0.15) is 4.80 Å². The Morgan fingerprint density at radius 1 is 1.09 bits per heavy atom. The van der Waals surface area contributed by atoms with Crippen molar-refractivity contribution in [2.45, 2.75) is 40.7 Å². The van der Waals surface area contributed by atoms with Crippen LogP contribution in [0.15, 0.2) is 48.5 Å². The lowest BCUT2D eigenvalue weighted by Crippen LogP contribution is -2.43. The first-order valence-electron chi connectivity index (χ1n) is 11.5. The fourth-order valence-corrected chi connectivity index (χ4v) is 3.25. The van der Waals surface area contributed by atoms with E-state index >= 15 is 0 Å². The maximum Gasteiger partial charge on any atom is 0.251 e. The Kier molecular flexibility index (Phi) is 8.73. The molecule has 34 heavy (non-hydrogen) atoms. The van der Waals surface area contributed by atoms with Gasteiger partial charge in [0.05, 0.1) is 6.61 Å². The van der Waals surface area contributed by atoms with Crippen LogP contribution in [0.1, 0.15) is 32.8 Å². The third-order valence-corrected chi connectivity index (χ3v) is 5.15. The van der Waals surface area contributed by atoms with Gasteiger partial charge in [-0.1, -0.05) is 43.7 Å². The van der Waals surface area contributed by atoms with Gasteiger partial charge in [-0.25, -0.2) is 0 Å². The summed E-state index contributed by atoms with van der Waals surface area (Å²) in [6.45, 7) is 8.95. The molecule has 9 nitrogen and oxygen atoms in total. The number of rotatable bonds is 11. The number of hydrogen-bond acceptors (Lipinski definition) is 6. The average molecular weight is 465 g/mol. The minimum atomic E-state index is -0.323. The predicted molar refractivity (Wildman–Crippen MR) is 130 cm³/mol. The molecule has 0 aliphatic carbocycles. The Morgan fingerprint density at radius 2 is 1.79 bits per heavy atom. The summed E-state index contributed by atoms with van der Waals surface area (Å²) in [5.74, 6) is 1.06. The van der Waals surface area contributed by atoms with Crippen LogP contribution in [0.3, 0.4) is 0 Å². The van der Waals surface area contributed by atoms with Crippen LogP contribution in [0.5, 0.6) is 5.75 Å². The van der Waals surface area contributed by atoms with Gasteiger partial charge in [0.1, 0.15) is 18.8 Å². The summed E-state index contributed by atoms with van der Waals surface area (Å²) in [7, 11) is 0. The van der Waals surface area contributed by atoms with Gasteiger partial charge in [0.15, 0.2) is 0 Å². The van der Waals surface area contributed by atoms with E-state index in [2.05, 4.69) is 34.6 Å². The summed E-state index contributed by atoms with van der Waals surface area (Å²) in [4.78, 5) is 28.5. The summed E-state index contributed by atoms with van der Waals surface area (Å²) in [6.07, 6.45) is 0.868. The Hall–Kier alpha value is -3.75. The van der Waals surface area contributed by atoms with Crippen molar-refractivity contribution in [1.82, 2.24) is 25.5 Å². The van der Waals surface area contributed by atoms with Gasteiger partial charge in [-0.3, -0.25) is 9.59 Å². The zero-order valence-electron chi connectivity index (χ0n) is 20.2. The number of carbonyl (C=O) groups is 2. The van der Waals surface area contributed by atoms with Crippen LogP contribution in [0, 0.1) is 12.8 Å². The maximum absolute atomic E-state index is 13.2. The molecule has 2 aromatic carbocycles. The van der Waals surface area contributed by atoms with Gasteiger partial charge in [-0.05, 0) is 55.7 Å². The third kappa shape index (κ3) is 7.13. The molecule has 3 rings (SSSR count). The molecule has 0 aliphatic rings. The fraction of sp³-hybridized carbons (Fsp3) is 0.400. The first-order chi connectivity index (χ1) is 16.4. The predicted octanol–water partition coefficient (Wildman–Crippen LogP) is 3.24. The Bertz CT molecular complexity index is 1080. The monoisotopic (exact) mass is 464 g/mol. The van der Waals surface area contributed by atoms with Crippen LogP contribution in [0.2, 0.25) is 0 Å². The minimum absolute atomic E-state index is 0.107.